The lowest BCUT2D eigenvalue weighted by Crippen LogP contribution is -2.06. The first-order valence-electron chi connectivity index (χ1n) is 6.25. The van der Waals surface area contributed by atoms with Gasteiger partial charge in [-0.2, -0.15) is 0 Å². The zero-order valence-corrected chi connectivity index (χ0v) is 11.6. The summed E-state index contributed by atoms with van der Waals surface area (Å²) in [5, 5.41) is 10.5. The molecule has 0 spiro atoms. The van der Waals surface area contributed by atoms with Crippen molar-refractivity contribution >= 4 is 0 Å². The predicted octanol–water partition coefficient (Wildman–Crippen LogP) is 1.30. The molecular weight excluding hydrogens is 276 g/mol. The predicted molar refractivity (Wildman–Crippen MR) is 71.8 cm³/mol. The summed E-state index contributed by atoms with van der Waals surface area (Å²) in [6.45, 7) is 0.125. The molecule has 1 aromatic carbocycles. The molecule has 2 aromatic rings. The lowest BCUT2D eigenvalue weighted by Gasteiger charge is -2.14. The molecule has 7 heteroatoms. The van der Waals surface area contributed by atoms with Crippen molar-refractivity contribution in [3.63, 3.8) is 0 Å². The number of ether oxygens (including phenoxy) is 4. The molecule has 3 rings (SSSR count). The number of aliphatic hydroxyl groups is 1. The van der Waals surface area contributed by atoms with Crippen LogP contribution in [0.15, 0.2) is 24.5 Å². The number of rotatable bonds is 4. The topological polar surface area (TPSA) is 82.9 Å². The summed E-state index contributed by atoms with van der Waals surface area (Å²) in [7, 11) is 3.00. The minimum atomic E-state index is -1.02. The van der Waals surface area contributed by atoms with Gasteiger partial charge in [0.25, 0.3) is 0 Å². The van der Waals surface area contributed by atoms with E-state index < -0.39 is 6.10 Å². The maximum atomic E-state index is 10.5. The Morgan fingerprint density at radius 2 is 1.95 bits per heavy atom. The highest BCUT2D eigenvalue weighted by atomic mass is 16.7. The standard InChI is InChI=1S/C14H14N2O5/c1-18-9-5-8(6-10-13(9)21-7-20-10)12(17)11-14(19-2)16-4-3-15-11/h3-6,12,17H,7H2,1-2H3. The smallest absolute Gasteiger partial charge is 0.238 e. The van der Waals surface area contributed by atoms with E-state index in [1.165, 1.54) is 26.6 Å². The van der Waals surface area contributed by atoms with E-state index in [0.717, 1.165) is 0 Å². The third-order valence-electron chi connectivity index (χ3n) is 3.14. The van der Waals surface area contributed by atoms with Crippen LogP contribution in [0.25, 0.3) is 0 Å². The number of benzene rings is 1. The van der Waals surface area contributed by atoms with Crippen molar-refractivity contribution in [1.82, 2.24) is 9.97 Å². The quantitative estimate of drug-likeness (QED) is 0.908. The fraction of sp³-hybridized carbons (Fsp3) is 0.286. The van der Waals surface area contributed by atoms with Gasteiger partial charge < -0.3 is 24.1 Å². The zero-order chi connectivity index (χ0) is 14.8. The molecule has 0 radical (unpaired) electrons. The van der Waals surface area contributed by atoms with Crippen molar-refractivity contribution in [3.05, 3.63) is 35.8 Å². The molecule has 1 aliphatic rings. The van der Waals surface area contributed by atoms with Gasteiger partial charge in [0.15, 0.2) is 11.5 Å². The molecule has 0 fully saturated rings. The van der Waals surface area contributed by atoms with Gasteiger partial charge in [-0.05, 0) is 17.7 Å². The second kappa shape index (κ2) is 5.45. The Morgan fingerprint density at radius 1 is 1.14 bits per heavy atom. The molecule has 0 amide bonds. The van der Waals surface area contributed by atoms with Gasteiger partial charge in [0.05, 0.1) is 14.2 Å². The fourth-order valence-electron chi connectivity index (χ4n) is 2.15. The maximum Gasteiger partial charge on any atom is 0.238 e. The molecule has 0 saturated carbocycles. The van der Waals surface area contributed by atoms with Gasteiger partial charge in [-0.3, -0.25) is 4.98 Å². The molecule has 1 aliphatic heterocycles. The second-order valence-electron chi connectivity index (χ2n) is 4.31. The summed E-state index contributed by atoms with van der Waals surface area (Å²) in [5.41, 5.74) is 0.871. The third-order valence-corrected chi connectivity index (χ3v) is 3.14. The Morgan fingerprint density at radius 3 is 2.71 bits per heavy atom. The van der Waals surface area contributed by atoms with Crippen LogP contribution in [0, 0.1) is 0 Å². The number of nitrogens with zero attached hydrogens (tertiary/aromatic N) is 2. The van der Waals surface area contributed by atoms with Gasteiger partial charge >= 0.3 is 0 Å². The van der Waals surface area contributed by atoms with E-state index in [9.17, 15) is 5.11 Å². The van der Waals surface area contributed by atoms with Gasteiger partial charge in [0, 0.05) is 12.4 Å². The van der Waals surface area contributed by atoms with E-state index in [4.69, 9.17) is 18.9 Å². The maximum absolute atomic E-state index is 10.5. The SMILES string of the molecule is COc1cc(C(O)c2nccnc2OC)cc2c1OCO2. The van der Waals surface area contributed by atoms with Crippen LogP contribution < -0.4 is 18.9 Å². The number of aliphatic hydroxyl groups excluding tert-OH is 1. The molecule has 0 saturated heterocycles. The highest BCUT2D eigenvalue weighted by molar-refractivity contribution is 5.56. The van der Waals surface area contributed by atoms with Crippen LogP contribution >= 0.6 is 0 Å². The zero-order valence-electron chi connectivity index (χ0n) is 11.6. The van der Waals surface area contributed by atoms with E-state index in [1.54, 1.807) is 12.1 Å². The first-order chi connectivity index (χ1) is 10.2. The highest BCUT2D eigenvalue weighted by Crippen LogP contribution is 2.44. The number of fused-ring (bicyclic) bond motifs is 1. The average Bonchev–Trinajstić information content (AvgIpc) is 3.01. The monoisotopic (exact) mass is 290 g/mol. The van der Waals surface area contributed by atoms with Crippen LogP contribution in [0.4, 0.5) is 0 Å². The van der Waals surface area contributed by atoms with E-state index in [1.807, 2.05) is 0 Å². The van der Waals surface area contributed by atoms with Crippen LogP contribution in [0.2, 0.25) is 0 Å². The van der Waals surface area contributed by atoms with E-state index in [-0.39, 0.29) is 12.7 Å². The van der Waals surface area contributed by atoms with Crippen molar-refractivity contribution in [2.24, 2.45) is 0 Å². The number of hydrogen-bond acceptors (Lipinski definition) is 7. The molecule has 1 atom stereocenters. The largest absolute Gasteiger partial charge is 0.493 e. The summed E-state index contributed by atoms with van der Waals surface area (Å²) in [6, 6.07) is 3.36. The normalized spacial score (nSPS) is 13.9. The molecule has 7 nitrogen and oxygen atoms in total. The molecular formula is C14H14N2O5. The third kappa shape index (κ3) is 2.31. The Kier molecular flexibility index (Phi) is 3.49. The summed E-state index contributed by atoms with van der Waals surface area (Å²) in [6.07, 6.45) is 1.97. The summed E-state index contributed by atoms with van der Waals surface area (Å²) >= 11 is 0. The number of methoxy groups -OCH3 is 2. The van der Waals surface area contributed by atoms with Crippen LogP contribution in [-0.4, -0.2) is 36.1 Å². The van der Waals surface area contributed by atoms with Gasteiger partial charge in [-0.25, -0.2) is 4.98 Å². The average molecular weight is 290 g/mol. The molecule has 0 aliphatic carbocycles. The summed E-state index contributed by atoms with van der Waals surface area (Å²) in [5.74, 6) is 1.80. The van der Waals surface area contributed by atoms with E-state index in [2.05, 4.69) is 9.97 Å². The molecule has 1 unspecified atom stereocenters. The minimum absolute atomic E-state index is 0.125. The van der Waals surface area contributed by atoms with Gasteiger partial charge in [-0.1, -0.05) is 0 Å². The van der Waals surface area contributed by atoms with Crippen molar-refractivity contribution in [2.45, 2.75) is 6.10 Å². The molecule has 1 N–H and O–H groups in total. The Hall–Kier alpha value is -2.54. The fourth-order valence-corrected chi connectivity index (χ4v) is 2.15. The van der Waals surface area contributed by atoms with E-state index in [0.29, 0.717) is 28.5 Å². The molecule has 0 bridgehead atoms. The number of hydrogen-bond donors (Lipinski definition) is 1. The highest BCUT2D eigenvalue weighted by Gasteiger charge is 2.25. The van der Waals surface area contributed by atoms with Crippen LogP contribution in [-0.2, 0) is 0 Å². The van der Waals surface area contributed by atoms with Crippen molar-refractivity contribution in [2.75, 3.05) is 21.0 Å². The lowest BCUT2D eigenvalue weighted by molar-refractivity contribution is 0.171. The molecule has 21 heavy (non-hydrogen) atoms. The summed E-state index contributed by atoms with van der Waals surface area (Å²) < 4.78 is 21.0. The lowest BCUT2D eigenvalue weighted by atomic mass is 10.1. The van der Waals surface area contributed by atoms with Crippen LogP contribution in [0.5, 0.6) is 23.1 Å². The minimum Gasteiger partial charge on any atom is -0.493 e. The molecule has 2 heterocycles. The van der Waals surface area contributed by atoms with Crippen LogP contribution in [0.3, 0.4) is 0 Å². The number of aromatic nitrogens is 2. The Labute approximate surface area is 121 Å². The van der Waals surface area contributed by atoms with Crippen molar-refractivity contribution in [3.8, 4) is 23.1 Å². The Bertz CT molecular complexity index is 662. The Balaban J connectivity index is 2.04. The van der Waals surface area contributed by atoms with Crippen LogP contribution in [0.1, 0.15) is 17.4 Å². The summed E-state index contributed by atoms with van der Waals surface area (Å²) in [4.78, 5) is 8.15. The first kappa shape index (κ1) is 13.4. The molecule has 1 aromatic heterocycles. The van der Waals surface area contributed by atoms with Crippen molar-refractivity contribution < 1.29 is 24.1 Å². The van der Waals surface area contributed by atoms with E-state index >= 15 is 0 Å². The second-order valence-corrected chi connectivity index (χ2v) is 4.31. The van der Waals surface area contributed by atoms with Gasteiger partial charge in [0.1, 0.15) is 11.8 Å². The van der Waals surface area contributed by atoms with Gasteiger partial charge in [-0.15, -0.1) is 0 Å². The van der Waals surface area contributed by atoms with Gasteiger partial charge in [0.2, 0.25) is 18.4 Å². The van der Waals surface area contributed by atoms with Crippen molar-refractivity contribution in [1.29, 1.82) is 0 Å². The first-order valence-corrected chi connectivity index (χ1v) is 6.25. The molecule has 110 valence electrons.